The number of carbonyl (C=O) groups excluding carboxylic acids is 4. The summed E-state index contributed by atoms with van der Waals surface area (Å²) in [6.07, 6.45) is -2.56. The standard InChI is InChI=1S/C12H18O10.2CH4/c1-7(14)11(17)21-6-10(16)19-3-4-20-12(18)8(2)22-9(15)5-13;;/h7-8,13-14H,3-6H2,1-2H3;2*1H4. The minimum Gasteiger partial charge on any atom is -0.460 e. The fourth-order valence-electron chi connectivity index (χ4n) is 0.990. The van der Waals surface area contributed by atoms with Crippen molar-refractivity contribution in [2.24, 2.45) is 0 Å². The zero-order chi connectivity index (χ0) is 17.1. The molecule has 142 valence electrons. The highest BCUT2D eigenvalue weighted by atomic mass is 16.6. The molecular weight excluding hydrogens is 328 g/mol. The van der Waals surface area contributed by atoms with Crippen molar-refractivity contribution in [2.45, 2.75) is 40.9 Å². The lowest BCUT2D eigenvalue weighted by atomic mass is 10.4. The van der Waals surface area contributed by atoms with Crippen LogP contribution in [0, 0.1) is 0 Å². The van der Waals surface area contributed by atoms with Crippen LogP contribution in [0.25, 0.3) is 0 Å². The molecule has 24 heavy (non-hydrogen) atoms. The molecule has 0 aromatic heterocycles. The molecule has 0 aliphatic carbocycles. The van der Waals surface area contributed by atoms with Gasteiger partial charge in [0.2, 0.25) is 0 Å². The summed E-state index contributed by atoms with van der Waals surface area (Å²) in [4.78, 5) is 44.0. The lowest BCUT2D eigenvalue weighted by Gasteiger charge is -2.12. The van der Waals surface area contributed by atoms with Crippen LogP contribution in [0.1, 0.15) is 28.7 Å². The number of ether oxygens (including phenoxy) is 4. The summed E-state index contributed by atoms with van der Waals surface area (Å²) in [5, 5.41) is 17.2. The smallest absolute Gasteiger partial charge is 0.347 e. The first-order valence-corrected chi connectivity index (χ1v) is 6.25. The van der Waals surface area contributed by atoms with Crippen LogP contribution in [0.15, 0.2) is 0 Å². The third kappa shape index (κ3) is 12.4. The van der Waals surface area contributed by atoms with Crippen LogP contribution < -0.4 is 0 Å². The Morgan fingerprint density at radius 2 is 1.42 bits per heavy atom. The maximum atomic E-state index is 11.3. The zero-order valence-corrected chi connectivity index (χ0v) is 12.1. The molecule has 0 spiro atoms. The molecule has 0 saturated heterocycles. The van der Waals surface area contributed by atoms with Crippen LogP contribution in [-0.2, 0) is 38.1 Å². The van der Waals surface area contributed by atoms with E-state index in [2.05, 4.69) is 18.9 Å². The summed E-state index contributed by atoms with van der Waals surface area (Å²) in [5.74, 6) is -3.71. The van der Waals surface area contributed by atoms with Crippen molar-refractivity contribution < 1.29 is 48.3 Å². The molecule has 0 aromatic carbocycles. The quantitative estimate of drug-likeness (QED) is 0.306. The highest BCUT2D eigenvalue weighted by Crippen LogP contribution is 1.96. The van der Waals surface area contributed by atoms with Crippen LogP contribution in [0.5, 0.6) is 0 Å². The third-order valence-corrected chi connectivity index (χ3v) is 2.03. The Kier molecular flexibility index (Phi) is 16.0. The molecule has 0 fully saturated rings. The van der Waals surface area contributed by atoms with E-state index in [0.717, 1.165) is 0 Å². The Morgan fingerprint density at radius 1 is 0.875 bits per heavy atom. The van der Waals surface area contributed by atoms with E-state index in [4.69, 9.17) is 10.2 Å². The minimum atomic E-state index is -1.35. The van der Waals surface area contributed by atoms with Gasteiger partial charge in [0.05, 0.1) is 0 Å². The van der Waals surface area contributed by atoms with Crippen LogP contribution in [-0.4, -0.2) is 72.7 Å². The van der Waals surface area contributed by atoms with Gasteiger partial charge in [-0.25, -0.2) is 19.2 Å². The Balaban J connectivity index is -0.00000220. The fraction of sp³-hybridized carbons (Fsp3) is 0.714. The van der Waals surface area contributed by atoms with Crippen molar-refractivity contribution in [1.82, 2.24) is 0 Å². The van der Waals surface area contributed by atoms with E-state index in [1.54, 1.807) is 0 Å². The molecular formula is C14H26O10. The number of aliphatic hydroxyl groups is 2. The second-order valence-corrected chi connectivity index (χ2v) is 3.96. The van der Waals surface area contributed by atoms with E-state index in [1.165, 1.54) is 13.8 Å². The van der Waals surface area contributed by atoms with Crippen molar-refractivity contribution in [3.05, 3.63) is 0 Å². The maximum absolute atomic E-state index is 11.3. The van der Waals surface area contributed by atoms with Gasteiger partial charge in [0.1, 0.15) is 25.9 Å². The molecule has 0 aromatic rings. The molecule has 10 heteroatoms. The monoisotopic (exact) mass is 354 g/mol. The first-order chi connectivity index (χ1) is 10.3. The molecule has 2 atom stereocenters. The molecule has 0 aliphatic heterocycles. The first-order valence-electron chi connectivity index (χ1n) is 6.25. The molecule has 0 radical (unpaired) electrons. The molecule has 2 unspecified atom stereocenters. The van der Waals surface area contributed by atoms with Gasteiger partial charge in [0.15, 0.2) is 12.7 Å². The van der Waals surface area contributed by atoms with E-state index in [9.17, 15) is 19.2 Å². The lowest BCUT2D eigenvalue weighted by molar-refractivity contribution is -0.171. The second-order valence-electron chi connectivity index (χ2n) is 3.96. The predicted molar refractivity (Wildman–Crippen MR) is 80.7 cm³/mol. The number of hydrogen-bond acceptors (Lipinski definition) is 10. The average Bonchev–Trinajstić information content (AvgIpc) is 2.48. The van der Waals surface area contributed by atoms with Gasteiger partial charge in [-0.15, -0.1) is 0 Å². The highest BCUT2D eigenvalue weighted by molar-refractivity contribution is 5.79. The van der Waals surface area contributed by atoms with Gasteiger partial charge in [-0.05, 0) is 13.8 Å². The predicted octanol–water partition coefficient (Wildman–Crippen LogP) is -0.807. The average molecular weight is 354 g/mol. The van der Waals surface area contributed by atoms with Gasteiger partial charge in [0, 0.05) is 0 Å². The van der Waals surface area contributed by atoms with Gasteiger partial charge in [-0.1, -0.05) is 14.9 Å². The molecule has 0 saturated carbocycles. The Bertz CT molecular complexity index is 404. The van der Waals surface area contributed by atoms with E-state index < -0.39 is 49.3 Å². The Hall–Kier alpha value is -2.20. The second kappa shape index (κ2) is 14.4. The minimum absolute atomic E-state index is 0. The normalized spacial score (nSPS) is 11.7. The fourth-order valence-corrected chi connectivity index (χ4v) is 0.990. The summed E-state index contributed by atoms with van der Waals surface area (Å²) >= 11 is 0. The topological polar surface area (TPSA) is 146 Å². The van der Waals surface area contributed by atoms with Crippen LogP contribution in [0.3, 0.4) is 0 Å². The van der Waals surface area contributed by atoms with Crippen LogP contribution in [0.2, 0.25) is 0 Å². The summed E-state index contributed by atoms with van der Waals surface area (Å²) in [5.41, 5.74) is 0. The Morgan fingerprint density at radius 3 is 1.92 bits per heavy atom. The van der Waals surface area contributed by atoms with Gasteiger partial charge >= 0.3 is 23.9 Å². The third-order valence-electron chi connectivity index (χ3n) is 2.03. The molecule has 2 N–H and O–H groups in total. The number of carbonyl (C=O) groups is 4. The zero-order valence-electron chi connectivity index (χ0n) is 12.1. The van der Waals surface area contributed by atoms with E-state index in [0.29, 0.717) is 0 Å². The van der Waals surface area contributed by atoms with E-state index in [1.807, 2.05) is 0 Å². The number of aliphatic hydroxyl groups excluding tert-OH is 2. The van der Waals surface area contributed by atoms with Gasteiger partial charge in [-0.3, -0.25) is 0 Å². The van der Waals surface area contributed by atoms with Crippen LogP contribution in [0.4, 0.5) is 0 Å². The SMILES string of the molecule is C.C.CC(O)C(=O)OCC(=O)OCCOC(=O)C(C)OC(=O)CO. The maximum Gasteiger partial charge on any atom is 0.347 e. The molecule has 0 aliphatic rings. The van der Waals surface area contributed by atoms with Crippen molar-refractivity contribution in [2.75, 3.05) is 26.4 Å². The summed E-state index contributed by atoms with van der Waals surface area (Å²) in [6.45, 7) is 0.297. The van der Waals surface area contributed by atoms with Gasteiger partial charge in [0.25, 0.3) is 0 Å². The number of esters is 4. The van der Waals surface area contributed by atoms with Gasteiger partial charge < -0.3 is 29.2 Å². The van der Waals surface area contributed by atoms with Crippen LogP contribution >= 0.6 is 0 Å². The molecule has 10 nitrogen and oxygen atoms in total. The molecule has 0 heterocycles. The largest absolute Gasteiger partial charge is 0.460 e. The van der Waals surface area contributed by atoms with Crippen molar-refractivity contribution in [3.8, 4) is 0 Å². The number of rotatable bonds is 9. The molecule has 0 rings (SSSR count). The summed E-state index contributed by atoms with van der Waals surface area (Å²) in [6, 6.07) is 0. The van der Waals surface area contributed by atoms with E-state index >= 15 is 0 Å². The number of hydrogen-bond donors (Lipinski definition) is 2. The van der Waals surface area contributed by atoms with E-state index in [-0.39, 0.29) is 28.1 Å². The highest BCUT2D eigenvalue weighted by Gasteiger charge is 2.19. The first kappa shape index (κ1) is 26.7. The summed E-state index contributed by atoms with van der Waals surface area (Å²) in [7, 11) is 0. The molecule has 0 amide bonds. The van der Waals surface area contributed by atoms with Crippen molar-refractivity contribution in [1.29, 1.82) is 0 Å². The van der Waals surface area contributed by atoms with Crippen molar-refractivity contribution in [3.63, 3.8) is 0 Å². The Labute approximate surface area is 140 Å². The molecule has 0 bridgehead atoms. The lowest BCUT2D eigenvalue weighted by Crippen LogP contribution is -2.29. The van der Waals surface area contributed by atoms with Gasteiger partial charge in [-0.2, -0.15) is 0 Å². The van der Waals surface area contributed by atoms with Crippen molar-refractivity contribution >= 4 is 23.9 Å². The summed E-state index contributed by atoms with van der Waals surface area (Å²) < 4.78 is 18.1.